The number of hydrogen-bond donors (Lipinski definition) is 0. The fraction of sp³-hybridized carbons (Fsp3) is 0.417. The second-order valence-corrected chi connectivity index (χ2v) is 7.36. The Kier molecular flexibility index (Phi) is 7.71. The summed E-state index contributed by atoms with van der Waals surface area (Å²) in [4.78, 5) is 26.8. The summed E-state index contributed by atoms with van der Waals surface area (Å²) in [6.07, 6.45) is 4.07. The second kappa shape index (κ2) is 10.7. The van der Waals surface area contributed by atoms with Crippen molar-refractivity contribution in [3.8, 4) is 11.5 Å². The molecule has 3 rings (SSSR count). The number of hydrogen-bond acceptors (Lipinski definition) is 5. The van der Waals surface area contributed by atoms with Crippen LogP contribution >= 0.6 is 0 Å². The molecule has 1 heterocycles. The van der Waals surface area contributed by atoms with Crippen molar-refractivity contribution in [2.75, 3.05) is 20.3 Å². The maximum absolute atomic E-state index is 12.5. The van der Waals surface area contributed by atoms with Gasteiger partial charge >= 0.3 is 5.97 Å². The summed E-state index contributed by atoms with van der Waals surface area (Å²) >= 11 is 0. The highest BCUT2D eigenvalue weighted by molar-refractivity contribution is 5.92. The number of benzene rings is 2. The lowest BCUT2D eigenvalue weighted by Gasteiger charge is -2.35. The number of rotatable bonds is 8. The Morgan fingerprint density at radius 2 is 1.87 bits per heavy atom. The van der Waals surface area contributed by atoms with Crippen molar-refractivity contribution in [1.82, 2.24) is 4.90 Å². The molecule has 0 aromatic heterocycles. The van der Waals surface area contributed by atoms with E-state index in [0.29, 0.717) is 23.7 Å². The first kappa shape index (κ1) is 21.7. The Balaban J connectivity index is 1.58. The molecule has 1 fully saturated rings. The zero-order chi connectivity index (χ0) is 21.3. The van der Waals surface area contributed by atoms with Gasteiger partial charge in [-0.15, -0.1) is 0 Å². The number of carbonyl (C=O) groups is 2. The topological polar surface area (TPSA) is 65.1 Å². The van der Waals surface area contributed by atoms with E-state index in [1.807, 2.05) is 35.2 Å². The largest absolute Gasteiger partial charge is 0.493 e. The molecule has 0 spiro atoms. The summed E-state index contributed by atoms with van der Waals surface area (Å²) < 4.78 is 16.5. The van der Waals surface area contributed by atoms with Crippen LogP contribution in [0.2, 0.25) is 0 Å². The number of methoxy groups -OCH3 is 1. The molecule has 1 atom stereocenters. The summed E-state index contributed by atoms with van der Waals surface area (Å²) in [7, 11) is 1.52. The number of likely N-dealkylation sites (tertiary alicyclic amines) is 1. The third-order valence-electron chi connectivity index (χ3n) is 5.38. The SMILES string of the molecule is CCC1CCCCN1C(=O)COC(=O)c1ccc(OCc2ccccc2)c(OC)c1. The Morgan fingerprint density at radius 3 is 2.60 bits per heavy atom. The summed E-state index contributed by atoms with van der Waals surface area (Å²) in [5, 5.41) is 0. The van der Waals surface area contributed by atoms with E-state index < -0.39 is 5.97 Å². The molecule has 1 saturated heterocycles. The second-order valence-electron chi connectivity index (χ2n) is 7.36. The third kappa shape index (κ3) is 5.53. The highest BCUT2D eigenvalue weighted by Crippen LogP contribution is 2.29. The maximum atomic E-state index is 12.5. The Morgan fingerprint density at radius 1 is 1.07 bits per heavy atom. The van der Waals surface area contributed by atoms with Gasteiger partial charge in [-0.05, 0) is 49.4 Å². The van der Waals surface area contributed by atoms with Crippen molar-refractivity contribution in [1.29, 1.82) is 0 Å². The van der Waals surface area contributed by atoms with Crippen LogP contribution in [0.1, 0.15) is 48.5 Å². The first-order valence-electron chi connectivity index (χ1n) is 10.4. The monoisotopic (exact) mass is 411 g/mol. The number of carbonyl (C=O) groups excluding carboxylic acids is 2. The van der Waals surface area contributed by atoms with Crippen LogP contribution in [-0.2, 0) is 16.1 Å². The third-order valence-corrected chi connectivity index (χ3v) is 5.38. The van der Waals surface area contributed by atoms with Gasteiger partial charge in [-0.2, -0.15) is 0 Å². The smallest absolute Gasteiger partial charge is 0.338 e. The highest BCUT2D eigenvalue weighted by Gasteiger charge is 2.26. The molecule has 6 heteroatoms. The average molecular weight is 411 g/mol. The van der Waals surface area contributed by atoms with Crippen molar-refractivity contribution < 1.29 is 23.8 Å². The predicted octanol–water partition coefficient (Wildman–Crippen LogP) is 4.22. The van der Waals surface area contributed by atoms with Gasteiger partial charge in [-0.1, -0.05) is 37.3 Å². The summed E-state index contributed by atoms with van der Waals surface area (Å²) in [5.74, 6) is 0.285. The zero-order valence-corrected chi connectivity index (χ0v) is 17.6. The molecule has 1 aliphatic heterocycles. The normalized spacial score (nSPS) is 16.1. The predicted molar refractivity (Wildman–Crippen MR) is 114 cm³/mol. The fourth-order valence-corrected chi connectivity index (χ4v) is 3.70. The van der Waals surface area contributed by atoms with Gasteiger partial charge in [0, 0.05) is 12.6 Å². The molecule has 0 saturated carbocycles. The van der Waals surface area contributed by atoms with Gasteiger partial charge in [0.1, 0.15) is 6.61 Å². The van der Waals surface area contributed by atoms with Crippen LogP contribution in [0.25, 0.3) is 0 Å². The van der Waals surface area contributed by atoms with Crippen molar-refractivity contribution >= 4 is 11.9 Å². The van der Waals surface area contributed by atoms with Gasteiger partial charge in [-0.25, -0.2) is 4.79 Å². The van der Waals surface area contributed by atoms with E-state index in [1.54, 1.807) is 18.2 Å². The molecule has 160 valence electrons. The van der Waals surface area contributed by atoms with Gasteiger partial charge in [0.15, 0.2) is 18.1 Å². The number of esters is 1. The first-order chi connectivity index (χ1) is 14.6. The van der Waals surface area contributed by atoms with Gasteiger partial charge in [0.05, 0.1) is 12.7 Å². The number of nitrogens with zero attached hydrogens (tertiary/aromatic N) is 1. The van der Waals surface area contributed by atoms with Crippen molar-refractivity contribution in [3.05, 3.63) is 59.7 Å². The summed E-state index contributed by atoms with van der Waals surface area (Å²) in [5.41, 5.74) is 1.35. The van der Waals surface area contributed by atoms with Crippen molar-refractivity contribution in [2.45, 2.75) is 45.3 Å². The van der Waals surface area contributed by atoms with Crippen LogP contribution in [0.5, 0.6) is 11.5 Å². The van der Waals surface area contributed by atoms with Crippen LogP contribution in [0.3, 0.4) is 0 Å². The van der Waals surface area contributed by atoms with Crippen LogP contribution in [0.4, 0.5) is 0 Å². The minimum Gasteiger partial charge on any atom is -0.493 e. The highest BCUT2D eigenvalue weighted by atomic mass is 16.5. The summed E-state index contributed by atoms with van der Waals surface area (Å²) in [6, 6.07) is 14.9. The van der Waals surface area contributed by atoms with Crippen LogP contribution in [0, 0.1) is 0 Å². The minimum absolute atomic E-state index is 0.135. The van der Waals surface area contributed by atoms with Gasteiger partial charge in [0.25, 0.3) is 5.91 Å². The molecule has 0 N–H and O–H groups in total. The van der Waals surface area contributed by atoms with E-state index in [1.165, 1.54) is 7.11 Å². The average Bonchev–Trinajstić information content (AvgIpc) is 2.81. The Hall–Kier alpha value is -3.02. The van der Waals surface area contributed by atoms with E-state index in [-0.39, 0.29) is 18.6 Å². The molecular weight excluding hydrogens is 382 g/mol. The lowest BCUT2D eigenvalue weighted by atomic mass is 10.00. The van der Waals surface area contributed by atoms with Gasteiger partial charge < -0.3 is 19.1 Å². The molecule has 6 nitrogen and oxygen atoms in total. The van der Waals surface area contributed by atoms with E-state index in [2.05, 4.69) is 6.92 Å². The molecule has 2 aromatic carbocycles. The van der Waals surface area contributed by atoms with Crippen LogP contribution in [-0.4, -0.2) is 43.1 Å². The molecule has 0 aliphatic carbocycles. The first-order valence-corrected chi connectivity index (χ1v) is 10.4. The lowest BCUT2D eigenvalue weighted by Crippen LogP contribution is -2.45. The number of amides is 1. The standard InChI is InChI=1S/C24H29NO5/c1-3-20-11-7-8-14-25(20)23(26)17-30-24(27)19-12-13-21(22(15-19)28-2)29-16-18-9-5-4-6-10-18/h4-6,9-10,12-13,15,20H,3,7-8,11,14,16-17H2,1-2H3. The molecule has 1 unspecified atom stereocenters. The molecule has 1 amide bonds. The molecule has 1 aliphatic rings. The molecule has 0 radical (unpaired) electrons. The van der Waals surface area contributed by atoms with Crippen LogP contribution < -0.4 is 9.47 Å². The number of ether oxygens (including phenoxy) is 3. The van der Waals surface area contributed by atoms with E-state index in [9.17, 15) is 9.59 Å². The quantitative estimate of drug-likeness (QED) is 0.609. The van der Waals surface area contributed by atoms with Crippen molar-refractivity contribution in [2.24, 2.45) is 0 Å². The van der Waals surface area contributed by atoms with Gasteiger partial charge in [0.2, 0.25) is 0 Å². The summed E-state index contributed by atoms with van der Waals surface area (Å²) in [6.45, 7) is 2.96. The van der Waals surface area contributed by atoms with E-state index >= 15 is 0 Å². The van der Waals surface area contributed by atoms with E-state index in [0.717, 1.165) is 37.8 Å². The Labute approximate surface area is 177 Å². The van der Waals surface area contributed by atoms with Gasteiger partial charge in [-0.3, -0.25) is 4.79 Å². The maximum Gasteiger partial charge on any atom is 0.338 e. The zero-order valence-electron chi connectivity index (χ0n) is 17.6. The minimum atomic E-state index is -0.554. The van der Waals surface area contributed by atoms with Crippen LogP contribution in [0.15, 0.2) is 48.5 Å². The molecule has 0 bridgehead atoms. The fourth-order valence-electron chi connectivity index (χ4n) is 3.70. The molecule has 30 heavy (non-hydrogen) atoms. The lowest BCUT2D eigenvalue weighted by molar-refractivity contribution is -0.138. The molecular formula is C24H29NO5. The Bertz CT molecular complexity index is 852. The van der Waals surface area contributed by atoms with E-state index in [4.69, 9.17) is 14.2 Å². The van der Waals surface area contributed by atoms with Crippen molar-refractivity contribution in [3.63, 3.8) is 0 Å². The molecule has 2 aromatic rings. The number of piperidine rings is 1.